The lowest BCUT2D eigenvalue weighted by atomic mass is 10.2. The first-order valence-corrected chi connectivity index (χ1v) is 7.04. The zero-order valence-corrected chi connectivity index (χ0v) is 12.4. The van der Waals surface area contributed by atoms with Crippen molar-refractivity contribution in [2.75, 3.05) is 7.05 Å². The van der Waals surface area contributed by atoms with Gasteiger partial charge in [0.2, 0.25) is 0 Å². The van der Waals surface area contributed by atoms with E-state index in [4.69, 9.17) is 4.42 Å². The number of para-hydroxylation sites is 1. The van der Waals surface area contributed by atoms with Crippen LogP contribution >= 0.6 is 0 Å². The molecule has 0 aliphatic carbocycles. The summed E-state index contributed by atoms with van der Waals surface area (Å²) in [6.07, 6.45) is 0. The summed E-state index contributed by atoms with van der Waals surface area (Å²) < 4.78 is 5.85. The first kappa shape index (κ1) is 14.3. The van der Waals surface area contributed by atoms with Crippen molar-refractivity contribution < 1.29 is 4.42 Å². The van der Waals surface area contributed by atoms with Crippen molar-refractivity contribution in [2.45, 2.75) is 19.5 Å². The van der Waals surface area contributed by atoms with E-state index < -0.39 is 11.2 Å². The van der Waals surface area contributed by atoms with Gasteiger partial charge in [0.1, 0.15) is 11.3 Å². The molecule has 0 aliphatic rings. The fourth-order valence-corrected chi connectivity index (χ4v) is 2.44. The highest BCUT2D eigenvalue weighted by atomic mass is 16.3. The maximum Gasteiger partial charge on any atom is 0.325 e. The molecule has 22 heavy (non-hydrogen) atoms. The highest BCUT2D eigenvalue weighted by molar-refractivity contribution is 5.77. The van der Waals surface area contributed by atoms with Crippen LogP contribution in [0.3, 0.4) is 0 Å². The van der Waals surface area contributed by atoms with Gasteiger partial charge < -0.3 is 9.40 Å². The third-order valence-electron chi connectivity index (χ3n) is 3.75. The van der Waals surface area contributed by atoms with E-state index in [0.717, 1.165) is 16.7 Å². The smallest absolute Gasteiger partial charge is 0.325 e. The van der Waals surface area contributed by atoms with Crippen LogP contribution in [0.1, 0.15) is 24.4 Å². The zero-order chi connectivity index (χ0) is 15.7. The molecule has 0 saturated heterocycles. The van der Waals surface area contributed by atoms with Crippen LogP contribution in [0.25, 0.3) is 11.0 Å². The van der Waals surface area contributed by atoms with E-state index in [9.17, 15) is 9.59 Å². The van der Waals surface area contributed by atoms with Crippen molar-refractivity contribution in [2.24, 2.45) is 0 Å². The molecule has 0 amide bonds. The van der Waals surface area contributed by atoms with Crippen LogP contribution in [0.5, 0.6) is 0 Å². The quantitative estimate of drug-likeness (QED) is 0.772. The van der Waals surface area contributed by atoms with Gasteiger partial charge in [-0.25, -0.2) is 4.79 Å². The van der Waals surface area contributed by atoms with Crippen LogP contribution in [0, 0.1) is 0 Å². The number of rotatable bonds is 4. The number of nitrogens with one attached hydrogen (secondary N) is 2. The fourth-order valence-electron chi connectivity index (χ4n) is 2.44. The second-order valence-corrected chi connectivity index (χ2v) is 5.39. The highest BCUT2D eigenvalue weighted by Crippen LogP contribution is 2.27. The molecule has 1 unspecified atom stereocenters. The molecule has 3 rings (SSSR count). The number of aromatic nitrogens is 2. The van der Waals surface area contributed by atoms with Crippen LogP contribution < -0.4 is 11.2 Å². The Morgan fingerprint density at radius 3 is 2.68 bits per heavy atom. The molecule has 1 aromatic carbocycles. The van der Waals surface area contributed by atoms with E-state index in [1.54, 1.807) is 0 Å². The van der Waals surface area contributed by atoms with Gasteiger partial charge in [-0.05, 0) is 26.1 Å². The summed E-state index contributed by atoms with van der Waals surface area (Å²) in [7, 11) is 1.91. The average Bonchev–Trinajstić information content (AvgIpc) is 2.89. The minimum Gasteiger partial charge on any atom is -0.459 e. The third-order valence-corrected chi connectivity index (χ3v) is 3.75. The van der Waals surface area contributed by atoms with E-state index in [1.165, 1.54) is 6.07 Å². The first-order chi connectivity index (χ1) is 10.5. The summed E-state index contributed by atoms with van der Waals surface area (Å²) in [5, 5.41) is 1.06. The lowest BCUT2D eigenvalue weighted by Crippen LogP contribution is -2.28. The maximum absolute atomic E-state index is 11.3. The van der Waals surface area contributed by atoms with Crippen LogP contribution in [0.15, 0.2) is 50.4 Å². The summed E-state index contributed by atoms with van der Waals surface area (Å²) >= 11 is 0. The standard InChI is InChI=1S/C16H17N3O3/c1-10(14-7-11-5-3-4-6-13(11)22-14)19(2)9-12-8-15(20)18-16(21)17-12/h3-8,10H,9H2,1-2H3,(H2,17,18,20,21). The van der Waals surface area contributed by atoms with Gasteiger partial charge in [0.05, 0.1) is 6.04 Å². The molecule has 1 atom stereocenters. The van der Waals surface area contributed by atoms with Gasteiger partial charge in [0, 0.05) is 23.7 Å². The van der Waals surface area contributed by atoms with E-state index in [1.807, 2.05) is 49.2 Å². The number of aromatic amines is 2. The Labute approximate surface area is 126 Å². The van der Waals surface area contributed by atoms with Gasteiger partial charge >= 0.3 is 5.69 Å². The minimum absolute atomic E-state index is 0.00943. The number of benzene rings is 1. The van der Waals surface area contributed by atoms with Crippen molar-refractivity contribution in [3.63, 3.8) is 0 Å². The molecule has 0 bridgehead atoms. The summed E-state index contributed by atoms with van der Waals surface area (Å²) in [5.74, 6) is 0.843. The van der Waals surface area contributed by atoms with Crippen molar-refractivity contribution >= 4 is 11.0 Å². The number of hydrogen-bond acceptors (Lipinski definition) is 4. The largest absolute Gasteiger partial charge is 0.459 e. The molecule has 6 nitrogen and oxygen atoms in total. The Balaban J connectivity index is 1.83. The van der Waals surface area contributed by atoms with Crippen LogP contribution in [-0.4, -0.2) is 21.9 Å². The molecule has 0 aliphatic heterocycles. The number of nitrogens with zero attached hydrogens (tertiary/aromatic N) is 1. The predicted molar refractivity (Wildman–Crippen MR) is 83.8 cm³/mol. The van der Waals surface area contributed by atoms with Crippen molar-refractivity contribution in [3.8, 4) is 0 Å². The SMILES string of the molecule is CC(c1cc2ccccc2o1)N(C)Cc1cc(=O)[nH]c(=O)[nH]1. The number of furan rings is 1. The number of H-pyrrole nitrogens is 2. The molecule has 0 spiro atoms. The van der Waals surface area contributed by atoms with E-state index in [-0.39, 0.29) is 6.04 Å². The molecule has 0 fully saturated rings. The normalized spacial score (nSPS) is 12.9. The monoisotopic (exact) mass is 299 g/mol. The lowest BCUT2D eigenvalue weighted by molar-refractivity contribution is 0.223. The molecule has 2 aromatic heterocycles. The Bertz CT molecular complexity index is 845. The Kier molecular flexibility index (Phi) is 3.68. The maximum atomic E-state index is 11.3. The van der Waals surface area contributed by atoms with Crippen LogP contribution in [0.4, 0.5) is 0 Å². The zero-order valence-electron chi connectivity index (χ0n) is 12.4. The average molecular weight is 299 g/mol. The Morgan fingerprint density at radius 1 is 1.18 bits per heavy atom. The topological polar surface area (TPSA) is 82.1 Å². The number of fused-ring (bicyclic) bond motifs is 1. The molecule has 0 radical (unpaired) electrons. The van der Waals surface area contributed by atoms with Crippen LogP contribution in [-0.2, 0) is 6.54 Å². The molecular weight excluding hydrogens is 282 g/mol. The van der Waals surface area contributed by atoms with Crippen molar-refractivity contribution in [1.29, 1.82) is 0 Å². The van der Waals surface area contributed by atoms with Crippen molar-refractivity contribution in [1.82, 2.24) is 14.9 Å². The summed E-state index contributed by atoms with van der Waals surface area (Å²) in [6.45, 7) is 2.46. The molecule has 114 valence electrons. The summed E-state index contributed by atoms with van der Waals surface area (Å²) in [5.41, 5.74) is 0.525. The predicted octanol–water partition coefficient (Wildman–Crippen LogP) is 2.00. The van der Waals surface area contributed by atoms with Gasteiger partial charge in [0.25, 0.3) is 5.56 Å². The first-order valence-electron chi connectivity index (χ1n) is 7.04. The molecule has 0 saturated carbocycles. The molecule has 3 aromatic rings. The molecule has 2 N–H and O–H groups in total. The van der Waals surface area contributed by atoms with Crippen molar-refractivity contribution in [3.05, 3.63) is 68.7 Å². The van der Waals surface area contributed by atoms with E-state index in [0.29, 0.717) is 12.2 Å². The van der Waals surface area contributed by atoms with Gasteiger partial charge in [-0.3, -0.25) is 14.7 Å². The number of hydrogen-bond donors (Lipinski definition) is 2. The van der Waals surface area contributed by atoms with Gasteiger partial charge in [-0.2, -0.15) is 0 Å². The second kappa shape index (κ2) is 5.65. The molecule has 2 heterocycles. The summed E-state index contributed by atoms with van der Waals surface area (Å²) in [4.78, 5) is 29.4. The highest BCUT2D eigenvalue weighted by Gasteiger charge is 2.17. The van der Waals surface area contributed by atoms with E-state index in [2.05, 4.69) is 9.97 Å². The van der Waals surface area contributed by atoms with Crippen LogP contribution in [0.2, 0.25) is 0 Å². The summed E-state index contributed by atoms with van der Waals surface area (Å²) in [6, 6.07) is 11.3. The fraction of sp³-hybridized carbons (Fsp3) is 0.250. The van der Waals surface area contributed by atoms with Gasteiger partial charge in [0.15, 0.2) is 0 Å². The van der Waals surface area contributed by atoms with Gasteiger partial charge in [-0.15, -0.1) is 0 Å². The third kappa shape index (κ3) is 2.87. The lowest BCUT2D eigenvalue weighted by Gasteiger charge is -2.22. The van der Waals surface area contributed by atoms with Gasteiger partial charge in [-0.1, -0.05) is 18.2 Å². The molecule has 6 heteroatoms. The Morgan fingerprint density at radius 2 is 1.95 bits per heavy atom. The van der Waals surface area contributed by atoms with E-state index >= 15 is 0 Å². The Hall–Kier alpha value is -2.60. The minimum atomic E-state index is -0.493. The second-order valence-electron chi connectivity index (χ2n) is 5.39. The molecular formula is C16H17N3O3.